The Morgan fingerprint density at radius 1 is 1.30 bits per heavy atom. The third-order valence-corrected chi connectivity index (χ3v) is 3.31. The molecule has 3 aromatic rings. The van der Waals surface area contributed by atoms with Crippen molar-refractivity contribution in [2.45, 2.75) is 6.92 Å². The number of benzene rings is 1. The minimum atomic E-state index is -0.575. The van der Waals surface area contributed by atoms with Crippen LogP contribution in [0.25, 0.3) is 22.6 Å². The van der Waals surface area contributed by atoms with Crippen LogP contribution in [0.4, 0.5) is 10.3 Å². The van der Waals surface area contributed by atoms with Gasteiger partial charge in [-0.3, -0.25) is 0 Å². The lowest BCUT2D eigenvalue weighted by Gasteiger charge is -2.04. The van der Waals surface area contributed by atoms with Gasteiger partial charge in [-0.1, -0.05) is 28.9 Å². The van der Waals surface area contributed by atoms with Crippen LogP contribution in [0.3, 0.4) is 0 Å². The predicted octanol–water partition coefficient (Wildman–Crippen LogP) is 4.28. The van der Waals surface area contributed by atoms with Gasteiger partial charge in [0.15, 0.2) is 11.5 Å². The molecular weight excluding hydrogens is 283 g/mol. The molecule has 3 rings (SSSR count). The maximum absolute atomic E-state index is 14.2. The van der Waals surface area contributed by atoms with Crippen LogP contribution in [-0.4, -0.2) is 5.16 Å². The lowest BCUT2D eigenvalue weighted by Crippen LogP contribution is -1.91. The highest BCUT2D eigenvalue weighted by Crippen LogP contribution is 2.40. The molecule has 0 aliphatic carbocycles. The minimum absolute atomic E-state index is 0.00483. The van der Waals surface area contributed by atoms with Crippen LogP contribution in [-0.2, 0) is 0 Å². The van der Waals surface area contributed by atoms with Gasteiger partial charge in [0.1, 0.15) is 5.82 Å². The molecule has 1 aromatic carbocycles. The van der Waals surface area contributed by atoms with Crippen LogP contribution in [0.5, 0.6) is 0 Å². The van der Waals surface area contributed by atoms with E-state index in [4.69, 9.17) is 26.3 Å². The summed E-state index contributed by atoms with van der Waals surface area (Å²) in [5, 5.41) is 3.87. The zero-order valence-electron chi connectivity index (χ0n) is 10.5. The van der Waals surface area contributed by atoms with E-state index >= 15 is 0 Å². The van der Waals surface area contributed by atoms with Crippen molar-refractivity contribution >= 4 is 17.5 Å². The van der Waals surface area contributed by atoms with E-state index in [-0.39, 0.29) is 16.5 Å². The number of furan rings is 1. The third kappa shape index (κ3) is 1.87. The summed E-state index contributed by atoms with van der Waals surface area (Å²) in [7, 11) is 0. The van der Waals surface area contributed by atoms with Gasteiger partial charge in [0.25, 0.3) is 0 Å². The van der Waals surface area contributed by atoms with E-state index in [0.717, 1.165) is 5.56 Å². The summed E-state index contributed by atoms with van der Waals surface area (Å²) in [6, 6.07) is 6.43. The van der Waals surface area contributed by atoms with Crippen molar-refractivity contribution in [1.82, 2.24) is 5.16 Å². The molecule has 2 aromatic heterocycles. The average Bonchev–Trinajstić information content (AvgIpc) is 2.99. The molecule has 6 heteroatoms. The first kappa shape index (κ1) is 12.7. The Labute approximate surface area is 118 Å². The van der Waals surface area contributed by atoms with E-state index in [9.17, 15) is 4.39 Å². The van der Waals surface area contributed by atoms with E-state index in [1.807, 2.05) is 6.92 Å². The minimum Gasteiger partial charge on any atom is -0.462 e. The molecule has 4 nitrogen and oxygen atoms in total. The number of aromatic nitrogens is 1. The molecule has 0 fully saturated rings. The van der Waals surface area contributed by atoms with Gasteiger partial charge in [0.05, 0.1) is 16.8 Å². The van der Waals surface area contributed by atoms with E-state index in [0.29, 0.717) is 17.0 Å². The van der Waals surface area contributed by atoms with Crippen molar-refractivity contribution in [3.8, 4) is 22.6 Å². The zero-order chi connectivity index (χ0) is 14.3. The maximum Gasteiger partial charge on any atom is 0.230 e. The lowest BCUT2D eigenvalue weighted by atomic mass is 10.0. The molecule has 0 aliphatic rings. The molecule has 0 aliphatic heterocycles. The molecule has 2 N–H and O–H groups in total. The number of hydrogen-bond acceptors (Lipinski definition) is 4. The summed E-state index contributed by atoms with van der Waals surface area (Å²) in [6.45, 7) is 1.85. The van der Waals surface area contributed by atoms with Crippen LogP contribution in [0.2, 0.25) is 5.02 Å². The third-order valence-electron chi connectivity index (χ3n) is 3.02. The Morgan fingerprint density at radius 2 is 2.10 bits per heavy atom. The molecule has 2 heterocycles. The standard InChI is InChI=1S/C14H10ClFN2O2/c1-7-5-6-19-13(7)12-10(14(17)20-18-12)8-3-2-4-9(15)11(8)16/h2-6H,17H2,1H3. The number of nitrogens with two attached hydrogens (primary N) is 1. The van der Waals surface area contributed by atoms with Crippen LogP contribution < -0.4 is 5.73 Å². The second-order valence-corrected chi connectivity index (χ2v) is 4.71. The molecule has 0 amide bonds. The monoisotopic (exact) mass is 292 g/mol. The Bertz CT molecular complexity index is 779. The average molecular weight is 293 g/mol. The Hall–Kier alpha value is -2.27. The van der Waals surface area contributed by atoms with Gasteiger partial charge >= 0.3 is 0 Å². The fraction of sp³-hybridized carbons (Fsp3) is 0.0714. The van der Waals surface area contributed by atoms with Crippen molar-refractivity contribution in [1.29, 1.82) is 0 Å². The van der Waals surface area contributed by atoms with E-state index < -0.39 is 5.82 Å². The fourth-order valence-corrected chi connectivity index (χ4v) is 2.20. The maximum atomic E-state index is 14.2. The number of aryl methyl sites for hydroxylation is 1. The molecule has 0 bridgehead atoms. The van der Waals surface area contributed by atoms with Gasteiger partial charge in [-0.25, -0.2) is 4.39 Å². The van der Waals surface area contributed by atoms with Crippen molar-refractivity contribution in [2.75, 3.05) is 5.73 Å². The highest BCUT2D eigenvalue weighted by atomic mass is 35.5. The van der Waals surface area contributed by atoms with Crippen LogP contribution in [0.1, 0.15) is 5.56 Å². The number of hydrogen-bond donors (Lipinski definition) is 1. The first-order valence-electron chi connectivity index (χ1n) is 5.83. The van der Waals surface area contributed by atoms with Crippen LogP contribution in [0, 0.1) is 12.7 Å². The molecule has 20 heavy (non-hydrogen) atoms. The van der Waals surface area contributed by atoms with Gasteiger partial charge in [-0.2, -0.15) is 0 Å². The predicted molar refractivity (Wildman–Crippen MR) is 73.8 cm³/mol. The molecule has 0 radical (unpaired) electrons. The Kier molecular flexibility index (Phi) is 2.99. The normalized spacial score (nSPS) is 10.9. The molecular formula is C14H10ClFN2O2. The number of rotatable bonds is 2. The van der Waals surface area contributed by atoms with Gasteiger partial charge in [-0.05, 0) is 24.6 Å². The van der Waals surface area contributed by atoms with Crippen molar-refractivity contribution in [3.05, 3.63) is 46.9 Å². The van der Waals surface area contributed by atoms with Crippen molar-refractivity contribution < 1.29 is 13.3 Å². The molecule has 0 saturated heterocycles. The number of halogens is 2. The van der Waals surface area contributed by atoms with Crippen molar-refractivity contribution in [2.24, 2.45) is 0 Å². The Morgan fingerprint density at radius 3 is 2.80 bits per heavy atom. The van der Waals surface area contributed by atoms with E-state index in [1.54, 1.807) is 18.2 Å². The summed E-state index contributed by atoms with van der Waals surface area (Å²) in [4.78, 5) is 0. The second kappa shape index (κ2) is 4.68. The quantitative estimate of drug-likeness (QED) is 0.765. The van der Waals surface area contributed by atoms with E-state index in [1.165, 1.54) is 12.3 Å². The highest BCUT2D eigenvalue weighted by molar-refractivity contribution is 6.31. The second-order valence-electron chi connectivity index (χ2n) is 4.30. The summed E-state index contributed by atoms with van der Waals surface area (Å²) in [5.74, 6) is -0.0775. The van der Waals surface area contributed by atoms with Crippen LogP contribution >= 0.6 is 11.6 Å². The summed E-state index contributed by atoms with van der Waals surface area (Å²) >= 11 is 5.80. The summed E-state index contributed by atoms with van der Waals surface area (Å²) in [6.07, 6.45) is 1.52. The van der Waals surface area contributed by atoms with Gasteiger partial charge in [0, 0.05) is 5.56 Å². The number of nitrogen functional groups attached to an aromatic ring is 1. The Balaban J connectivity index is 2.27. The SMILES string of the molecule is Cc1ccoc1-c1noc(N)c1-c1cccc(Cl)c1F. The number of anilines is 1. The van der Waals surface area contributed by atoms with Gasteiger partial charge in [0.2, 0.25) is 5.88 Å². The summed E-state index contributed by atoms with van der Waals surface area (Å²) in [5.41, 5.74) is 7.53. The molecule has 0 saturated carbocycles. The highest BCUT2D eigenvalue weighted by Gasteiger charge is 2.24. The zero-order valence-corrected chi connectivity index (χ0v) is 11.2. The fourth-order valence-electron chi connectivity index (χ4n) is 2.03. The lowest BCUT2D eigenvalue weighted by molar-refractivity contribution is 0.435. The van der Waals surface area contributed by atoms with Gasteiger partial charge in [-0.15, -0.1) is 0 Å². The topological polar surface area (TPSA) is 65.2 Å². The molecule has 0 spiro atoms. The van der Waals surface area contributed by atoms with Crippen molar-refractivity contribution in [3.63, 3.8) is 0 Å². The molecule has 0 atom stereocenters. The molecule has 102 valence electrons. The van der Waals surface area contributed by atoms with E-state index in [2.05, 4.69) is 5.16 Å². The molecule has 0 unspecified atom stereocenters. The largest absolute Gasteiger partial charge is 0.462 e. The smallest absolute Gasteiger partial charge is 0.230 e. The van der Waals surface area contributed by atoms with Gasteiger partial charge < -0.3 is 14.7 Å². The first-order chi connectivity index (χ1) is 9.59. The van der Waals surface area contributed by atoms with Crippen LogP contribution in [0.15, 0.2) is 39.5 Å². The first-order valence-corrected chi connectivity index (χ1v) is 6.21. The summed E-state index contributed by atoms with van der Waals surface area (Å²) < 4.78 is 24.5. The number of nitrogens with zero attached hydrogens (tertiary/aromatic N) is 1.